The fraction of sp³-hybridized carbons (Fsp3) is 0.400. The van der Waals surface area contributed by atoms with E-state index in [-0.39, 0.29) is 23.9 Å². The molecular weight excluding hydrogens is 251 g/mol. The maximum Gasteiger partial charge on any atom is 0.313 e. The molecule has 0 spiro atoms. The summed E-state index contributed by atoms with van der Waals surface area (Å²) < 4.78 is 13.1. The average Bonchev–Trinajstić information content (AvgIpc) is 3.03. The van der Waals surface area contributed by atoms with E-state index in [9.17, 15) is 19.6 Å². The van der Waals surface area contributed by atoms with Crippen molar-refractivity contribution in [1.82, 2.24) is 0 Å². The fourth-order valence-electron chi connectivity index (χ4n) is 1.71. The van der Waals surface area contributed by atoms with E-state index in [1.807, 2.05) is 0 Å². The van der Waals surface area contributed by atoms with Crippen LogP contribution in [-0.4, -0.2) is 10.0 Å². The fourth-order valence-corrected chi connectivity index (χ4v) is 1.71. The predicted octanol–water partition coefficient (Wildman–Crippen LogP) is 2.27. The zero-order valence-electron chi connectivity index (χ0n) is 8.80. The van der Waals surface area contributed by atoms with Gasteiger partial charge in [-0.05, 0) is 24.8 Å². The van der Waals surface area contributed by atoms with Gasteiger partial charge in [-0.3, -0.25) is 10.1 Å². The first-order valence-corrected chi connectivity index (χ1v) is 4.93. The Morgan fingerprint density at radius 2 is 2.12 bits per heavy atom. The SMILES string of the molecule is Cl.N[C@H](c1cc(F)cc([N+](=O)[O-])c1O)C1CC1. The van der Waals surface area contributed by atoms with Gasteiger partial charge in [-0.1, -0.05) is 0 Å². The minimum absolute atomic E-state index is 0. The van der Waals surface area contributed by atoms with Crippen molar-refractivity contribution >= 4 is 18.1 Å². The van der Waals surface area contributed by atoms with Gasteiger partial charge in [-0.15, -0.1) is 12.4 Å². The first-order valence-electron chi connectivity index (χ1n) is 4.93. The normalized spacial score (nSPS) is 16.1. The van der Waals surface area contributed by atoms with E-state index in [2.05, 4.69) is 0 Å². The van der Waals surface area contributed by atoms with Crippen molar-refractivity contribution in [3.05, 3.63) is 33.6 Å². The molecule has 1 aromatic rings. The molecule has 1 atom stereocenters. The van der Waals surface area contributed by atoms with Gasteiger partial charge in [0.05, 0.1) is 11.0 Å². The van der Waals surface area contributed by atoms with Gasteiger partial charge < -0.3 is 10.8 Å². The third-order valence-electron chi connectivity index (χ3n) is 2.77. The molecule has 0 amide bonds. The van der Waals surface area contributed by atoms with Gasteiger partial charge in [0.25, 0.3) is 0 Å². The molecule has 1 fully saturated rings. The van der Waals surface area contributed by atoms with Gasteiger partial charge in [0, 0.05) is 11.6 Å². The Morgan fingerprint density at radius 3 is 2.59 bits per heavy atom. The van der Waals surface area contributed by atoms with Crippen molar-refractivity contribution in [2.45, 2.75) is 18.9 Å². The third kappa shape index (κ3) is 2.65. The first kappa shape index (κ1) is 13.7. The zero-order chi connectivity index (χ0) is 11.9. The molecule has 2 rings (SSSR count). The second-order valence-corrected chi connectivity index (χ2v) is 3.98. The van der Waals surface area contributed by atoms with Crippen LogP contribution in [0, 0.1) is 21.8 Å². The number of rotatable bonds is 3. The number of nitrogens with two attached hydrogens (primary N) is 1. The van der Waals surface area contributed by atoms with Crippen LogP contribution in [0.1, 0.15) is 24.4 Å². The van der Waals surface area contributed by atoms with Gasteiger partial charge in [0.1, 0.15) is 5.82 Å². The lowest BCUT2D eigenvalue weighted by molar-refractivity contribution is -0.386. The molecular formula is C10H12ClFN2O3. The van der Waals surface area contributed by atoms with E-state index in [0.29, 0.717) is 6.07 Å². The summed E-state index contributed by atoms with van der Waals surface area (Å²) in [6.07, 6.45) is 1.82. The molecule has 0 aromatic heterocycles. The van der Waals surface area contributed by atoms with E-state index in [1.54, 1.807) is 0 Å². The highest BCUT2D eigenvalue weighted by molar-refractivity contribution is 5.85. The van der Waals surface area contributed by atoms with Crippen LogP contribution in [-0.2, 0) is 0 Å². The second kappa shape index (κ2) is 4.85. The Morgan fingerprint density at radius 1 is 1.53 bits per heavy atom. The standard InChI is InChI=1S/C10H11FN2O3.ClH/c11-6-3-7(9(12)5-1-2-5)10(14)8(4-6)13(15)16;/h3-5,9,14H,1-2,12H2;1H/t9-;/m0./s1. The van der Waals surface area contributed by atoms with Crippen molar-refractivity contribution in [1.29, 1.82) is 0 Å². The monoisotopic (exact) mass is 262 g/mol. The Balaban J connectivity index is 0.00000144. The van der Waals surface area contributed by atoms with Gasteiger partial charge in [0.15, 0.2) is 5.75 Å². The topological polar surface area (TPSA) is 89.4 Å². The highest BCUT2D eigenvalue weighted by atomic mass is 35.5. The number of nitro groups is 1. The van der Waals surface area contributed by atoms with Crippen molar-refractivity contribution in [3.8, 4) is 5.75 Å². The van der Waals surface area contributed by atoms with Crippen molar-refractivity contribution < 1.29 is 14.4 Å². The molecule has 94 valence electrons. The third-order valence-corrected chi connectivity index (χ3v) is 2.77. The minimum atomic E-state index is -0.818. The van der Waals surface area contributed by atoms with Gasteiger partial charge >= 0.3 is 5.69 Å². The van der Waals surface area contributed by atoms with Crippen molar-refractivity contribution in [2.24, 2.45) is 11.7 Å². The Kier molecular flexibility index (Phi) is 3.90. The number of nitro benzene ring substituents is 1. The lowest BCUT2D eigenvalue weighted by atomic mass is 10.0. The molecule has 1 aliphatic rings. The number of phenolic OH excluding ortho intramolecular Hbond substituents is 1. The summed E-state index contributed by atoms with van der Waals surface area (Å²) in [5.41, 5.74) is 5.28. The van der Waals surface area contributed by atoms with Crippen molar-refractivity contribution in [3.63, 3.8) is 0 Å². The lowest BCUT2D eigenvalue weighted by Gasteiger charge is -2.12. The molecule has 1 aromatic carbocycles. The molecule has 17 heavy (non-hydrogen) atoms. The number of benzene rings is 1. The molecule has 7 heteroatoms. The van der Waals surface area contributed by atoms with E-state index >= 15 is 0 Å². The maximum atomic E-state index is 13.1. The summed E-state index contributed by atoms with van der Waals surface area (Å²) in [7, 11) is 0. The number of hydrogen-bond acceptors (Lipinski definition) is 4. The number of hydrogen-bond donors (Lipinski definition) is 2. The highest BCUT2D eigenvalue weighted by Gasteiger charge is 2.33. The van der Waals surface area contributed by atoms with Gasteiger partial charge in [0.2, 0.25) is 0 Å². The second-order valence-electron chi connectivity index (χ2n) is 3.98. The van der Waals surface area contributed by atoms with Crippen LogP contribution in [0.15, 0.2) is 12.1 Å². The lowest BCUT2D eigenvalue weighted by Crippen LogP contribution is -2.13. The predicted molar refractivity (Wildman–Crippen MR) is 61.6 cm³/mol. The summed E-state index contributed by atoms with van der Waals surface area (Å²) in [4.78, 5) is 9.75. The molecule has 0 radical (unpaired) electrons. The summed E-state index contributed by atoms with van der Waals surface area (Å²) in [6.45, 7) is 0. The number of phenols is 1. The number of aromatic hydroxyl groups is 1. The summed E-state index contributed by atoms with van der Waals surface area (Å²) in [6, 6.07) is 1.22. The van der Waals surface area contributed by atoms with E-state index in [1.165, 1.54) is 0 Å². The molecule has 0 bridgehead atoms. The van der Waals surface area contributed by atoms with Gasteiger partial charge in [-0.2, -0.15) is 0 Å². The quantitative estimate of drug-likeness (QED) is 0.646. The molecule has 3 N–H and O–H groups in total. The molecule has 0 unspecified atom stereocenters. The molecule has 0 aliphatic heterocycles. The van der Waals surface area contributed by atoms with Crippen LogP contribution < -0.4 is 5.73 Å². The van der Waals surface area contributed by atoms with Crippen LogP contribution in [0.25, 0.3) is 0 Å². The van der Waals surface area contributed by atoms with Crippen LogP contribution in [0.2, 0.25) is 0 Å². The smallest absolute Gasteiger partial charge is 0.313 e. The van der Waals surface area contributed by atoms with Crippen LogP contribution >= 0.6 is 12.4 Å². The maximum absolute atomic E-state index is 13.1. The minimum Gasteiger partial charge on any atom is -0.502 e. The number of halogens is 2. The van der Waals surface area contributed by atoms with E-state index < -0.39 is 28.2 Å². The van der Waals surface area contributed by atoms with Gasteiger partial charge in [-0.25, -0.2) is 4.39 Å². The van der Waals surface area contributed by atoms with E-state index in [0.717, 1.165) is 18.9 Å². The molecule has 0 heterocycles. The van der Waals surface area contributed by atoms with Crippen molar-refractivity contribution in [2.75, 3.05) is 0 Å². The molecule has 0 saturated heterocycles. The zero-order valence-corrected chi connectivity index (χ0v) is 9.61. The Labute approximate surface area is 103 Å². The molecule has 1 saturated carbocycles. The summed E-state index contributed by atoms with van der Waals surface area (Å²) in [5, 5.41) is 20.2. The molecule has 5 nitrogen and oxygen atoms in total. The summed E-state index contributed by atoms with van der Waals surface area (Å²) >= 11 is 0. The van der Waals surface area contributed by atoms with Crippen LogP contribution in [0.5, 0.6) is 5.75 Å². The Bertz CT molecular complexity index is 451. The van der Waals surface area contributed by atoms with E-state index in [4.69, 9.17) is 5.73 Å². The summed E-state index contributed by atoms with van der Waals surface area (Å²) in [5.74, 6) is -1.09. The Hall–Kier alpha value is -1.40. The number of nitrogens with zero attached hydrogens (tertiary/aromatic N) is 1. The first-order chi connectivity index (χ1) is 7.50. The molecule has 1 aliphatic carbocycles. The largest absolute Gasteiger partial charge is 0.502 e. The van der Waals surface area contributed by atoms with Crippen LogP contribution in [0.3, 0.4) is 0 Å². The average molecular weight is 263 g/mol. The highest BCUT2D eigenvalue weighted by Crippen LogP contribution is 2.44. The van der Waals surface area contributed by atoms with Crippen LogP contribution in [0.4, 0.5) is 10.1 Å².